The van der Waals surface area contributed by atoms with Gasteiger partial charge in [-0.15, -0.1) is 0 Å². The van der Waals surface area contributed by atoms with Crippen molar-refractivity contribution in [2.75, 3.05) is 24.6 Å². The molecule has 3 heterocycles. The molecule has 0 spiro atoms. The summed E-state index contributed by atoms with van der Waals surface area (Å²) in [6.07, 6.45) is 1.77. The number of pyridine rings is 1. The number of rotatable bonds is 4. The van der Waals surface area contributed by atoms with Gasteiger partial charge in [0.2, 0.25) is 0 Å². The Balaban J connectivity index is 1.54. The van der Waals surface area contributed by atoms with Crippen molar-refractivity contribution in [2.24, 2.45) is 0 Å². The molecular formula is C20H22N4O2S. The van der Waals surface area contributed by atoms with Gasteiger partial charge in [-0.25, -0.2) is 8.42 Å². The second kappa shape index (κ2) is 7.39. The van der Waals surface area contributed by atoms with E-state index in [1.165, 1.54) is 0 Å². The van der Waals surface area contributed by atoms with Crippen LogP contribution in [0, 0.1) is 11.3 Å². The average molecular weight is 382 g/mol. The second-order valence-electron chi connectivity index (χ2n) is 7.29. The number of sulfone groups is 1. The monoisotopic (exact) mass is 382 g/mol. The van der Waals surface area contributed by atoms with E-state index in [0.29, 0.717) is 18.7 Å². The standard InChI is InChI=1S/C20H22N4O2S/c21-11-16-4-3-5-17(10-16)12-23-8-9-24(13-18-6-1-2-7-22-18)20-15-27(25,26)14-19(20)23/h1-7,10,19-20H,8-9,12-15H2/t19-,20+/m0/s1. The van der Waals surface area contributed by atoms with Crippen LogP contribution in [0.4, 0.5) is 0 Å². The maximum atomic E-state index is 12.4. The lowest BCUT2D eigenvalue weighted by Gasteiger charge is -2.43. The fourth-order valence-electron chi connectivity index (χ4n) is 4.16. The first-order valence-corrected chi connectivity index (χ1v) is 10.9. The van der Waals surface area contributed by atoms with Crippen molar-refractivity contribution in [3.63, 3.8) is 0 Å². The molecule has 2 atom stereocenters. The Morgan fingerprint density at radius 3 is 2.44 bits per heavy atom. The minimum atomic E-state index is -3.05. The number of fused-ring (bicyclic) bond motifs is 1. The molecule has 2 fully saturated rings. The Hall–Kier alpha value is -2.27. The minimum absolute atomic E-state index is 0.00935. The van der Waals surface area contributed by atoms with Crippen molar-refractivity contribution in [1.82, 2.24) is 14.8 Å². The Labute approximate surface area is 160 Å². The number of hydrogen-bond donors (Lipinski definition) is 0. The molecule has 0 saturated carbocycles. The molecule has 2 aliphatic rings. The van der Waals surface area contributed by atoms with E-state index < -0.39 is 9.84 Å². The van der Waals surface area contributed by atoms with Crippen molar-refractivity contribution in [3.05, 3.63) is 65.5 Å². The Morgan fingerprint density at radius 1 is 1.04 bits per heavy atom. The zero-order valence-electron chi connectivity index (χ0n) is 15.0. The normalized spacial score (nSPS) is 25.0. The summed E-state index contributed by atoms with van der Waals surface area (Å²) in [4.78, 5) is 8.92. The third kappa shape index (κ3) is 4.03. The molecule has 2 aliphatic heterocycles. The first-order valence-electron chi connectivity index (χ1n) is 9.11. The van der Waals surface area contributed by atoms with Crippen LogP contribution in [-0.2, 0) is 22.9 Å². The zero-order chi connectivity index (χ0) is 18.9. The van der Waals surface area contributed by atoms with E-state index in [9.17, 15) is 8.42 Å². The van der Waals surface area contributed by atoms with E-state index in [4.69, 9.17) is 5.26 Å². The van der Waals surface area contributed by atoms with Gasteiger partial charge in [-0.1, -0.05) is 18.2 Å². The number of benzene rings is 1. The third-order valence-corrected chi connectivity index (χ3v) is 7.14. The molecule has 2 aromatic rings. The van der Waals surface area contributed by atoms with Gasteiger partial charge in [0.05, 0.1) is 28.8 Å². The van der Waals surface area contributed by atoms with Crippen LogP contribution in [0.3, 0.4) is 0 Å². The van der Waals surface area contributed by atoms with Gasteiger partial charge in [-0.05, 0) is 29.8 Å². The number of piperazine rings is 1. The van der Waals surface area contributed by atoms with Crippen LogP contribution in [0.1, 0.15) is 16.8 Å². The molecule has 27 heavy (non-hydrogen) atoms. The van der Waals surface area contributed by atoms with Gasteiger partial charge in [0, 0.05) is 44.5 Å². The summed E-state index contributed by atoms with van der Waals surface area (Å²) >= 11 is 0. The van der Waals surface area contributed by atoms with Crippen molar-refractivity contribution in [3.8, 4) is 6.07 Å². The molecule has 140 valence electrons. The van der Waals surface area contributed by atoms with Crippen LogP contribution in [-0.4, -0.2) is 59.9 Å². The van der Waals surface area contributed by atoms with Crippen LogP contribution in [0.2, 0.25) is 0 Å². The van der Waals surface area contributed by atoms with Gasteiger partial charge >= 0.3 is 0 Å². The fourth-order valence-corrected chi connectivity index (χ4v) is 6.21. The molecule has 0 amide bonds. The highest BCUT2D eigenvalue weighted by Gasteiger charge is 2.46. The highest BCUT2D eigenvalue weighted by atomic mass is 32.2. The van der Waals surface area contributed by atoms with Crippen molar-refractivity contribution < 1.29 is 8.42 Å². The summed E-state index contributed by atoms with van der Waals surface area (Å²) in [6.45, 7) is 2.96. The van der Waals surface area contributed by atoms with E-state index in [1.54, 1.807) is 12.3 Å². The van der Waals surface area contributed by atoms with Crippen LogP contribution >= 0.6 is 0 Å². The van der Waals surface area contributed by atoms with Crippen LogP contribution in [0.5, 0.6) is 0 Å². The Bertz CT molecular complexity index is 955. The predicted molar refractivity (Wildman–Crippen MR) is 102 cm³/mol. The first-order chi connectivity index (χ1) is 13.0. The smallest absolute Gasteiger partial charge is 0.153 e. The van der Waals surface area contributed by atoms with E-state index in [0.717, 1.165) is 24.3 Å². The summed E-state index contributed by atoms with van der Waals surface area (Å²) in [5.74, 6) is 0.410. The molecule has 4 rings (SSSR count). The number of hydrogen-bond acceptors (Lipinski definition) is 6. The largest absolute Gasteiger partial charge is 0.292 e. The van der Waals surface area contributed by atoms with Gasteiger partial charge in [-0.3, -0.25) is 14.8 Å². The van der Waals surface area contributed by atoms with E-state index in [2.05, 4.69) is 20.9 Å². The Kier molecular flexibility index (Phi) is 4.96. The SMILES string of the molecule is N#Cc1cccc(CN2CCN(Cc3ccccn3)[C@@H]3CS(=O)(=O)C[C@@H]32)c1. The molecule has 0 N–H and O–H groups in total. The van der Waals surface area contributed by atoms with Gasteiger partial charge in [0.1, 0.15) is 0 Å². The van der Waals surface area contributed by atoms with Crippen LogP contribution < -0.4 is 0 Å². The lowest BCUT2D eigenvalue weighted by molar-refractivity contribution is 0.0348. The number of aromatic nitrogens is 1. The van der Waals surface area contributed by atoms with Gasteiger partial charge in [-0.2, -0.15) is 5.26 Å². The summed E-state index contributed by atoms with van der Waals surface area (Å²) in [6, 6.07) is 15.5. The molecule has 1 aromatic carbocycles. The lowest BCUT2D eigenvalue weighted by Crippen LogP contribution is -2.58. The van der Waals surface area contributed by atoms with Crippen molar-refractivity contribution in [1.29, 1.82) is 5.26 Å². The van der Waals surface area contributed by atoms with Gasteiger partial charge in [0.25, 0.3) is 0 Å². The molecule has 0 aliphatic carbocycles. The maximum absolute atomic E-state index is 12.4. The molecular weight excluding hydrogens is 360 g/mol. The molecule has 1 aromatic heterocycles. The van der Waals surface area contributed by atoms with E-state index in [-0.39, 0.29) is 23.6 Å². The molecule has 0 radical (unpaired) electrons. The van der Waals surface area contributed by atoms with E-state index >= 15 is 0 Å². The lowest BCUT2D eigenvalue weighted by atomic mass is 10.0. The van der Waals surface area contributed by atoms with Crippen LogP contribution in [0.25, 0.3) is 0 Å². The minimum Gasteiger partial charge on any atom is -0.292 e. The van der Waals surface area contributed by atoms with Gasteiger partial charge in [0.15, 0.2) is 9.84 Å². The maximum Gasteiger partial charge on any atom is 0.153 e. The van der Waals surface area contributed by atoms with Crippen molar-refractivity contribution in [2.45, 2.75) is 25.2 Å². The second-order valence-corrected chi connectivity index (χ2v) is 9.44. The highest BCUT2D eigenvalue weighted by molar-refractivity contribution is 7.91. The summed E-state index contributed by atoms with van der Waals surface area (Å²) in [5, 5.41) is 9.11. The average Bonchev–Trinajstić information content (AvgIpc) is 3.01. The molecule has 6 nitrogen and oxygen atoms in total. The highest BCUT2D eigenvalue weighted by Crippen LogP contribution is 2.29. The molecule has 0 unspecified atom stereocenters. The quantitative estimate of drug-likeness (QED) is 0.796. The zero-order valence-corrected chi connectivity index (χ0v) is 15.8. The Morgan fingerprint density at radius 2 is 1.78 bits per heavy atom. The molecule has 0 bridgehead atoms. The summed E-state index contributed by atoms with van der Waals surface area (Å²) in [7, 11) is -3.05. The topological polar surface area (TPSA) is 77.3 Å². The third-order valence-electron chi connectivity index (χ3n) is 5.44. The first kappa shape index (κ1) is 18.1. The molecule has 2 saturated heterocycles. The van der Waals surface area contributed by atoms with Crippen LogP contribution in [0.15, 0.2) is 48.7 Å². The van der Waals surface area contributed by atoms with Crippen molar-refractivity contribution >= 4 is 9.84 Å². The number of nitriles is 1. The summed E-state index contributed by atoms with van der Waals surface area (Å²) in [5.41, 5.74) is 2.66. The van der Waals surface area contributed by atoms with E-state index in [1.807, 2.05) is 36.4 Å². The van der Waals surface area contributed by atoms with Gasteiger partial charge < -0.3 is 0 Å². The molecule has 7 heteroatoms. The summed E-state index contributed by atoms with van der Waals surface area (Å²) < 4.78 is 24.8. The fraction of sp³-hybridized carbons (Fsp3) is 0.400. The predicted octanol–water partition coefficient (Wildman–Crippen LogP) is 1.44. The number of nitrogens with zero attached hydrogens (tertiary/aromatic N) is 4.